The van der Waals surface area contributed by atoms with E-state index in [0.717, 1.165) is 0 Å². The van der Waals surface area contributed by atoms with Crippen molar-refractivity contribution >= 4 is 20.4 Å². The normalized spacial score (nSPS) is 11.4. The first-order valence-corrected chi connectivity index (χ1v) is 12.7. The molecule has 2 N–H and O–H groups in total. The fraction of sp³-hybridized carbons (Fsp3) is 0.231. The van der Waals surface area contributed by atoms with Crippen molar-refractivity contribution in [1.29, 1.82) is 0 Å². The predicted octanol–water partition coefficient (Wildman–Crippen LogP) is 4.37. The summed E-state index contributed by atoms with van der Waals surface area (Å²) in [6, 6.07) is 18.6. The Morgan fingerprint density at radius 3 is 1.53 bits per heavy atom. The Labute approximate surface area is 199 Å². The molecule has 0 heterocycles. The van der Waals surface area contributed by atoms with Gasteiger partial charge in [0.05, 0.1) is 11.1 Å². The summed E-state index contributed by atoms with van der Waals surface area (Å²) < 4.78 is 16.3. The summed E-state index contributed by atoms with van der Waals surface area (Å²) in [5.41, 5.74) is 0.737. The topological polar surface area (TPSA) is 102 Å². The highest BCUT2D eigenvalue weighted by Gasteiger charge is 2.37. The lowest BCUT2D eigenvalue weighted by atomic mass is 9.91. The number of carbonyl (C=O) groups is 2. The minimum atomic E-state index is -2.88. The quantitative estimate of drug-likeness (QED) is 0.310. The first-order valence-electron chi connectivity index (χ1n) is 10.8. The SMILES string of the molecule is CO[Si](CCCc1c(O)c(C(=O)c2ccccc2)cc(C(=O)c2ccccc2)c1O)(OC)OC. The zero-order valence-corrected chi connectivity index (χ0v) is 20.4. The van der Waals surface area contributed by atoms with Gasteiger partial charge in [-0.15, -0.1) is 0 Å². The van der Waals surface area contributed by atoms with Crippen molar-refractivity contribution in [3.8, 4) is 11.5 Å². The van der Waals surface area contributed by atoms with Crippen LogP contribution in [0.1, 0.15) is 43.8 Å². The zero-order valence-electron chi connectivity index (χ0n) is 19.4. The molecule has 0 spiro atoms. The smallest absolute Gasteiger partial charge is 0.500 e. The molecule has 0 aliphatic carbocycles. The van der Waals surface area contributed by atoms with Crippen molar-refractivity contribution in [2.75, 3.05) is 21.3 Å². The van der Waals surface area contributed by atoms with Crippen molar-refractivity contribution in [3.05, 3.63) is 94.5 Å². The number of carbonyl (C=O) groups excluding carboxylic acids is 2. The van der Waals surface area contributed by atoms with Gasteiger partial charge < -0.3 is 23.5 Å². The maximum absolute atomic E-state index is 13.2. The summed E-state index contributed by atoms with van der Waals surface area (Å²) in [6.45, 7) is 0. The van der Waals surface area contributed by atoms with E-state index in [9.17, 15) is 19.8 Å². The Bertz CT molecular complexity index is 1060. The molecule has 0 amide bonds. The Hall–Kier alpha value is -3.30. The highest BCUT2D eigenvalue weighted by atomic mass is 28.4. The van der Waals surface area contributed by atoms with Gasteiger partial charge in [-0.25, -0.2) is 0 Å². The standard InChI is InChI=1S/C26H28O7Si/c1-31-34(32-2,33-3)16-10-15-20-25(29)21(23(27)18-11-6-4-7-12-18)17-22(26(20)30)24(28)19-13-8-5-9-14-19/h4-9,11-14,17,29-30H,10,15-16H2,1-3H3. The van der Waals surface area contributed by atoms with Gasteiger partial charge in [0.2, 0.25) is 0 Å². The number of hydrogen-bond donors (Lipinski definition) is 2. The summed E-state index contributed by atoms with van der Waals surface area (Å²) in [5, 5.41) is 22.0. The number of benzene rings is 3. The average molecular weight is 481 g/mol. The highest BCUT2D eigenvalue weighted by Crippen LogP contribution is 2.38. The molecule has 8 heteroatoms. The van der Waals surface area contributed by atoms with Gasteiger partial charge in [-0.3, -0.25) is 9.59 Å². The van der Waals surface area contributed by atoms with Gasteiger partial charge in [-0.1, -0.05) is 60.7 Å². The molecule has 7 nitrogen and oxygen atoms in total. The fourth-order valence-corrected chi connectivity index (χ4v) is 5.55. The molecule has 0 atom stereocenters. The third-order valence-corrected chi connectivity index (χ3v) is 8.61. The van der Waals surface area contributed by atoms with E-state index in [-0.39, 0.29) is 34.6 Å². The average Bonchev–Trinajstić information content (AvgIpc) is 2.89. The van der Waals surface area contributed by atoms with E-state index in [1.165, 1.54) is 27.4 Å². The monoisotopic (exact) mass is 480 g/mol. The largest absolute Gasteiger partial charge is 0.507 e. The van der Waals surface area contributed by atoms with E-state index in [0.29, 0.717) is 23.6 Å². The molecule has 0 unspecified atom stereocenters. The first kappa shape index (κ1) is 25.3. The van der Waals surface area contributed by atoms with Crippen LogP contribution in [0.2, 0.25) is 6.04 Å². The minimum Gasteiger partial charge on any atom is -0.507 e. The van der Waals surface area contributed by atoms with Crippen LogP contribution in [0.3, 0.4) is 0 Å². The molecule has 0 saturated carbocycles. The van der Waals surface area contributed by atoms with Crippen LogP contribution < -0.4 is 0 Å². The molecule has 34 heavy (non-hydrogen) atoms. The maximum Gasteiger partial charge on any atom is 0.500 e. The van der Waals surface area contributed by atoms with Crippen molar-refractivity contribution in [2.45, 2.75) is 18.9 Å². The van der Waals surface area contributed by atoms with Crippen molar-refractivity contribution in [3.63, 3.8) is 0 Å². The van der Waals surface area contributed by atoms with Gasteiger partial charge in [-0.2, -0.15) is 0 Å². The first-order chi connectivity index (χ1) is 16.4. The van der Waals surface area contributed by atoms with Gasteiger partial charge in [0, 0.05) is 44.1 Å². The van der Waals surface area contributed by atoms with E-state index >= 15 is 0 Å². The summed E-state index contributed by atoms with van der Waals surface area (Å²) in [7, 11) is 1.63. The van der Waals surface area contributed by atoms with Crippen LogP contribution in [0.25, 0.3) is 0 Å². The number of phenols is 2. The van der Waals surface area contributed by atoms with Crippen molar-refractivity contribution < 1.29 is 33.1 Å². The molecule has 0 saturated heterocycles. The third-order valence-electron chi connectivity index (χ3n) is 5.77. The molecule has 0 fully saturated rings. The summed E-state index contributed by atoms with van der Waals surface area (Å²) in [4.78, 5) is 26.4. The van der Waals surface area contributed by atoms with Gasteiger partial charge in [0.25, 0.3) is 0 Å². The Morgan fingerprint density at radius 2 is 1.15 bits per heavy atom. The number of ketones is 2. The lowest BCUT2D eigenvalue weighted by molar-refractivity contribution is 0.103. The molecular weight excluding hydrogens is 452 g/mol. The van der Waals surface area contributed by atoms with Crippen LogP contribution in [0.15, 0.2) is 66.7 Å². The zero-order chi connectivity index (χ0) is 24.7. The number of hydrogen-bond acceptors (Lipinski definition) is 7. The minimum absolute atomic E-state index is 0.0491. The van der Waals surface area contributed by atoms with Crippen molar-refractivity contribution in [2.24, 2.45) is 0 Å². The van der Waals surface area contributed by atoms with Gasteiger partial charge in [0.15, 0.2) is 11.6 Å². The molecule has 0 radical (unpaired) electrons. The second-order valence-electron chi connectivity index (χ2n) is 7.69. The van der Waals surface area contributed by atoms with Gasteiger partial charge in [0.1, 0.15) is 11.5 Å². The summed E-state index contributed by atoms with van der Waals surface area (Å²) >= 11 is 0. The third kappa shape index (κ3) is 5.26. The van der Waals surface area contributed by atoms with Crippen LogP contribution in [-0.2, 0) is 19.7 Å². The van der Waals surface area contributed by atoms with Crippen LogP contribution >= 0.6 is 0 Å². The Morgan fingerprint density at radius 1 is 0.735 bits per heavy atom. The van der Waals surface area contributed by atoms with E-state index in [1.807, 2.05) is 0 Å². The van der Waals surface area contributed by atoms with Crippen LogP contribution in [0, 0.1) is 0 Å². The summed E-state index contributed by atoms with van der Waals surface area (Å²) in [6.07, 6.45) is 0.596. The number of rotatable bonds is 11. The number of aromatic hydroxyl groups is 2. The van der Waals surface area contributed by atoms with E-state index in [2.05, 4.69) is 0 Å². The fourth-order valence-electron chi connectivity index (χ4n) is 3.83. The molecule has 0 bridgehead atoms. The van der Waals surface area contributed by atoms with Crippen LogP contribution in [0.4, 0.5) is 0 Å². The predicted molar refractivity (Wildman–Crippen MR) is 129 cm³/mol. The molecule has 3 aromatic rings. The van der Waals surface area contributed by atoms with Crippen LogP contribution in [-0.4, -0.2) is 51.9 Å². The highest BCUT2D eigenvalue weighted by molar-refractivity contribution is 6.60. The van der Waals surface area contributed by atoms with E-state index in [4.69, 9.17) is 13.3 Å². The van der Waals surface area contributed by atoms with E-state index < -0.39 is 20.4 Å². The molecule has 3 rings (SSSR count). The Kier molecular flexibility index (Phi) is 8.35. The molecular formula is C26H28O7Si. The van der Waals surface area contributed by atoms with Crippen molar-refractivity contribution in [1.82, 2.24) is 0 Å². The van der Waals surface area contributed by atoms with Gasteiger partial charge in [-0.05, 0) is 18.9 Å². The van der Waals surface area contributed by atoms with E-state index in [1.54, 1.807) is 60.7 Å². The second kappa shape index (κ2) is 11.2. The maximum atomic E-state index is 13.2. The lowest BCUT2D eigenvalue weighted by Crippen LogP contribution is -2.42. The second-order valence-corrected chi connectivity index (χ2v) is 10.8. The molecule has 0 aliphatic heterocycles. The molecule has 0 aliphatic rings. The number of phenolic OH excluding ortho intramolecular Hbond substituents is 2. The van der Waals surface area contributed by atoms with Crippen LogP contribution in [0.5, 0.6) is 11.5 Å². The molecule has 3 aromatic carbocycles. The van der Waals surface area contributed by atoms with Gasteiger partial charge >= 0.3 is 8.80 Å². The molecule has 0 aromatic heterocycles. The lowest BCUT2D eigenvalue weighted by Gasteiger charge is -2.24. The summed E-state index contributed by atoms with van der Waals surface area (Å²) in [5.74, 6) is -1.60. The Balaban J connectivity index is 2.06. The molecule has 178 valence electrons.